The van der Waals surface area contributed by atoms with Crippen LogP contribution in [0.2, 0.25) is 0 Å². The zero-order valence-corrected chi connectivity index (χ0v) is 11.3. The molecule has 0 aliphatic rings. The van der Waals surface area contributed by atoms with Crippen molar-refractivity contribution in [3.8, 4) is 0 Å². The van der Waals surface area contributed by atoms with Crippen LogP contribution in [0.25, 0.3) is 6.08 Å². The largest absolute Gasteiger partial charge is 1.00 e. The van der Waals surface area contributed by atoms with Gasteiger partial charge < -0.3 is 17.0 Å². The maximum atomic E-state index is 3.74. The van der Waals surface area contributed by atoms with Gasteiger partial charge >= 0.3 is 0 Å². The molecule has 17 heavy (non-hydrogen) atoms. The number of hydrogen-bond acceptors (Lipinski definition) is 0. The van der Waals surface area contributed by atoms with E-state index in [1.807, 2.05) is 6.08 Å². The van der Waals surface area contributed by atoms with Gasteiger partial charge in [0.15, 0.2) is 18.9 Å². The summed E-state index contributed by atoms with van der Waals surface area (Å²) in [5, 5.41) is 0. The van der Waals surface area contributed by atoms with Crippen LogP contribution in [0, 0.1) is 0 Å². The van der Waals surface area contributed by atoms with Crippen LogP contribution in [0.1, 0.15) is 11.1 Å². The molecule has 88 valence electrons. The molecule has 0 aliphatic carbocycles. The van der Waals surface area contributed by atoms with E-state index in [9.17, 15) is 0 Å². The first-order chi connectivity index (χ1) is 7.88. The predicted octanol–water partition coefficient (Wildman–Crippen LogP) is -0.136. The summed E-state index contributed by atoms with van der Waals surface area (Å²) in [5.41, 5.74) is 2.54. The molecule has 0 atom stereocenters. The summed E-state index contributed by atoms with van der Waals surface area (Å²) in [4.78, 5) is 0. The van der Waals surface area contributed by atoms with E-state index in [4.69, 9.17) is 0 Å². The van der Waals surface area contributed by atoms with Gasteiger partial charge in [0.1, 0.15) is 0 Å². The number of pyridine rings is 1. The maximum absolute atomic E-state index is 3.74. The van der Waals surface area contributed by atoms with Crippen molar-refractivity contribution in [2.75, 3.05) is 0 Å². The van der Waals surface area contributed by atoms with Crippen molar-refractivity contribution in [2.45, 2.75) is 13.0 Å². The lowest BCUT2D eigenvalue weighted by molar-refractivity contribution is -0.696. The average molecular weight is 290 g/mol. The standard InChI is InChI=1S/C15H16N.BrH/c1-2-14-8-11-16(12-9-14)13-10-15-6-4-3-5-7-15;/h2-9,11-12H,1,10,13H2;1H/q+1;/p-1. The van der Waals surface area contributed by atoms with Crippen LogP contribution in [-0.2, 0) is 13.0 Å². The van der Waals surface area contributed by atoms with Crippen LogP contribution in [0.3, 0.4) is 0 Å². The van der Waals surface area contributed by atoms with E-state index in [1.54, 1.807) is 0 Å². The maximum Gasteiger partial charge on any atom is 0.169 e. The third kappa shape index (κ3) is 4.16. The first-order valence-electron chi connectivity index (χ1n) is 5.54. The van der Waals surface area contributed by atoms with Gasteiger partial charge in [-0.3, -0.25) is 0 Å². The van der Waals surface area contributed by atoms with Crippen molar-refractivity contribution in [2.24, 2.45) is 0 Å². The van der Waals surface area contributed by atoms with Gasteiger partial charge in [-0.05, 0) is 11.1 Å². The third-order valence-corrected chi connectivity index (χ3v) is 2.65. The van der Waals surface area contributed by atoms with E-state index in [2.05, 4.69) is 66.0 Å². The Hall–Kier alpha value is -1.41. The highest BCUT2D eigenvalue weighted by molar-refractivity contribution is 5.44. The number of benzene rings is 1. The molecule has 0 unspecified atom stereocenters. The van der Waals surface area contributed by atoms with Crippen LogP contribution < -0.4 is 21.5 Å². The molecule has 0 aliphatic heterocycles. The van der Waals surface area contributed by atoms with Crippen LogP contribution in [0.5, 0.6) is 0 Å². The Kier molecular flexibility index (Phi) is 5.64. The van der Waals surface area contributed by atoms with Gasteiger partial charge in [-0.25, -0.2) is 4.57 Å². The minimum atomic E-state index is 0. The van der Waals surface area contributed by atoms with E-state index < -0.39 is 0 Å². The van der Waals surface area contributed by atoms with Crippen LogP contribution in [0.4, 0.5) is 0 Å². The summed E-state index contributed by atoms with van der Waals surface area (Å²) in [6, 6.07) is 14.7. The Bertz CT molecular complexity index is 448. The summed E-state index contributed by atoms with van der Waals surface area (Å²) in [5.74, 6) is 0. The average Bonchev–Trinajstić information content (AvgIpc) is 2.38. The highest BCUT2D eigenvalue weighted by Crippen LogP contribution is 2.00. The molecule has 1 nitrogen and oxygen atoms in total. The number of rotatable bonds is 4. The summed E-state index contributed by atoms with van der Waals surface area (Å²) >= 11 is 0. The molecule has 0 fully saturated rings. The molecule has 0 amide bonds. The van der Waals surface area contributed by atoms with Crippen molar-refractivity contribution in [3.63, 3.8) is 0 Å². The molecule has 1 aromatic carbocycles. The van der Waals surface area contributed by atoms with Gasteiger partial charge in [0.05, 0.1) is 0 Å². The van der Waals surface area contributed by atoms with Crippen molar-refractivity contribution < 1.29 is 21.5 Å². The second kappa shape index (κ2) is 7.02. The minimum Gasteiger partial charge on any atom is -1.00 e. The van der Waals surface area contributed by atoms with Crippen LogP contribution in [-0.4, -0.2) is 0 Å². The quantitative estimate of drug-likeness (QED) is 0.690. The Balaban J connectivity index is 0.00000144. The van der Waals surface area contributed by atoms with Gasteiger partial charge in [-0.1, -0.05) is 43.0 Å². The molecule has 0 radical (unpaired) electrons. The van der Waals surface area contributed by atoms with Crippen molar-refractivity contribution >= 4 is 6.08 Å². The fourth-order valence-corrected chi connectivity index (χ4v) is 1.66. The highest BCUT2D eigenvalue weighted by Gasteiger charge is 2.00. The molecule has 2 aromatic rings. The lowest BCUT2D eigenvalue weighted by Crippen LogP contribution is -3.00. The molecule has 0 saturated carbocycles. The topological polar surface area (TPSA) is 3.88 Å². The molecule has 1 heterocycles. The van der Waals surface area contributed by atoms with Crippen LogP contribution in [0.15, 0.2) is 61.4 Å². The Morgan fingerprint density at radius 3 is 2.24 bits per heavy atom. The lowest BCUT2D eigenvalue weighted by Gasteiger charge is -1.98. The number of aromatic nitrogens is 1. The second-order valence-electron chi connectivity index (χ2n) is 3.81. The monoisotopic (exact) mass is 289 g/mol. The number of halogens is 1. The molecular weight excluding hydrogens is 274 g/mol. The summed E-state index contributed by atoms with van der Waals surface area (Å²) < 4.78 is 2.19. The SMILES string of the molecule is C=Cc1cc[n+](CCc2ccccc2)cc1.[Br-]. The molecule has 2 rings (SSSR count). The molecule has 1 aromatic heterocycles. The van der Waals surface area contributed by atoms with Gasteiger partial charge in [0, 0.05) is 18.6 Å². The Morgan fingerprint density at radius 2 is 1.65 bits per heavy atom. The fourth-order valence-electron chi connectivity index (χ4n) is 1.66. The van der Waals surface area contributed by atoms with Gasteiger partial charge in [0.25, 0.3) is 0 Å². The first-order valence-corrected chi connectivity index (χ1v) is 5.54. The minimum absolute atomic E-state index is 0. The molecule has 0 bridgehead atoms. The molecule has 0 N–H and O–H groups in total. The zero-order valence-electron chi connectivity index (χ0n) is 9.72. The zero-order chi connectivity index (χ0) is 11.2. The van der Waals surface area contributed by atoms with Crippen molar-refractivity contribution in [1.82, 2.24) is 0 Å². The molecule has 2 heteroatoms. The molecule has 0 spiro atoms. The Morgan fingerprint density at radius 1 is 1.00 bits per heavy atom. The number of nitrogens with zero attached hydrogens (tertiary/aromatic N) is 1. The van der Waals surface area contributed by atoms with Gasteiger partial charge in [0.2, 0.25) is 0 Å². The molecular formula is C15H16BrN. The fraction of sp³-hybridized carbons (Fsp3) is 0.133. The number of hydrogen-bond donors (Lipinski definition) is 0. The Labute approximate surface area is 113 Å². The normalized spacial score (nSPS) is 9.41. The third-order valence-electron chi connectivity index (χ3n) is 2.65. The molecule has 0 saturated heterocycles. The van der Waals surface area contributed by atoms with Crippen molar-refractivity contribution in [3.05, 3.63) is 72.6 Å². The summed E-state index contributed by atoms with van der Waals surface area (Å²) in [6.45, 7) is 4.76. The van der Waals surface area contributed by atoms with E-state index in [0.717, 1.165) is 18.5 Å². The number of aryl methyl sites for hydroxylation is 2. The van der Waals surface area contributed by atoms with E-state index in [0.29, 0.717) is 0 Å². The lowest BCUT2D eigenvalue weighted by atomic mass is 10.1. The highest BCUT2D eigenvalue weighted by atomic mass is 79.9. The van der Waals surface area contributed by atoms with E-state index in [-0.39, 0.29) is 17.0 Å². The van der Waals surface area contributed by atoms with Crippen molar-refractivity contribution in [1.29, 1.82) is 0 Å². The summed E-state index contributed by atoms with van der Waals surface area (Å²) in [6.07, 6.45) is 7.13. The van der Waals surface area contributed by atoms with E-state index in [1.165, 1.54) is 5.56 Å². The van der Waals surface area contributed by atoms with Gasteiger partial charge in [-0.15, -0.1) is 0 Å². The van der Waals surface area contributed by atoms with Gasteiger partial charge in [-0.2, -0.15) is 0 Å². The predicted molar refractivity (Wildman–Crippen MR) is 66.9 cm³/mol. The smallest absolute Gasteiger partial charge is 0.169 e. The van der Waals surface area contributed by atoms with E-state index >= 15 is 0 Å². The first kappa shape index (κ1) is 13.7. The summed E-state index contributed by atoms with van der Waals surface area (Å²) in [7, 11) is 0. The second-order valence-corrected chi connectivity index (χ2v) is 3.81. The van der Waals surface area contributed by atoms with Crippen LogP contribution >= 0.6 is 0 Å².